The van der Waals surface area contributed by atoms with Gasteiger partial charge in [-0.2, -0.15) is 0 Å². The van der Waals surface area contributed by atoms with Gasteiger partial charge in [0, 0.05) is 11.8 Å². The molecule has 148 valence electrons. The molecular formula is C22H38O3Si. The molecule has 26 heavy (non-hydrogen) atoms. The Morgan fingerprint density at radius 1 is 1.00 bits per heavy atom. The summed E-state index contributed by atoms with van der Waals surface area (Å²) in [5, 5.41) is 0. The van der Waals surface area contributed by atoms with Gasteiger partial charge in [0.2, 0.25) is 0 Å². The third-order valence-electron chi connectivity index (χ3n) is 9.08. The fourth-order valence-corrected chi connectivity index (χ4v) is 9.35. The highest BCUT2D eigenvalue weighted by molar-refractivity contribution is 6.69. The first-order valence-corrected chi connectivity index (χ1v) is 14.3. The first kappa shape index (κ1) is 19.0. The maximum absolute atomic E-state index is 11.8. The summed E-state index contributed by atoms with van der Waals surface area (Å²) < 4.78 is 12.4. The molecular weight excluding hydrogens is 340 g/mol. The average molecular weight is 379 g/mol. The van der Waals surface area contributed by atoms with E-state index in [2.05, 4.69) is 40.4 Å². The van der Waals surface area contributed by atoms with Gasteiger partial charge in [0.05, 0.1) is 12.2 Å². The maximum Gasteiger partial charge on any atom is 0.306 e. The second-order valence-electron chi connectivity index (χ2n) is 11.5. The van der Waals surface area contributed by atoms with Gasteiger partial charge in [-0.1, -0.05) is 13.8 Å². The third-order valence-corrected chi connectivity index (χ3v) is 10.1. The molecule has 0 radical (unpaired) electrons. The molecule has 4 fully saturated rings. The van der Waals surface area contributed by atoms with Crippen molar-refractivity contribution >= 4 is 14.3 Å². The molecule has 0 aromatic carbocycles. The fourth-order valence-electron chi connectivity index (χ4n) is 7.66. The van der Waals surface area contributed by atoms with Crippen LogP contribution in [0.4, 0.5) is 0 Å². The Kier molecular flexibility index (Phi) is 4.25. The summed E-state index contributed by atoms with van der Waals surface area (Å²) in [5.41, 5.74) is 0.559. The van der Waals surface area contributed by atoms with Crippen molar-refractivity contribution in [3.63, 3.8) is 0 Å². The largest absolute Gasteiger partial charge is 0.465 e. The van der Waals surface area contributed by atoms with Gasteiger partial charge in [-0.3, -0.25) is 4.79 Å². The van der Waals surface area contributed by atoms with Crippen LogP contribution in [0.3, 0.4) is 0 Å². The Morgan fingerprint density at radius 2 is 1.69 bits per heavy atom. The first-order valence-electron chi connectivity index (χ1n) is 10.8. The predicted molar refractivity (Wildman–Crippen MR) is 106 cm³/mol. The number of fused-ring (bicyclic) bond motifs is 5. The smallest absolute Gasteiger partial charge is 0.306 e. The molecule has 3 saturated carbocycles. The zero-order valence-electron chi connectivity index (χ0n) is 17.7. The highest BCUT2D eigenvalue weighted by Gasteiger charge is 2.64. The standard InChI is InChI=1S/C22H38O3Si/c1-20-14-24-19(23)13-15(20)7-8-16-17(20)9-11-21(2)18(16)10-12-22(21,3)25-26(4,5)6/h15-18H,7-14H2,1-6H3/t15?,16?,17?,18?,20?,21?,22-/m1/s1. The van der Waals surface area contributed by atoms with E-state index in [0.29, 0.717) is 24.4 Å². The van der Waals surface area contributed by atoms with Gasteiger partial charge < -0.3 is 9.16 Å². The second kappa shape index (κ2) is 5.82. The number of esters is 1. The highest BCUT2D eigenvalue weighted by Crippen LogP contribution is 2.68. The Bertz CT molecular complexity index is 599. The van der Waals surface area contributed by atoms with Gasteiger partial charge in [0.1, 0.15) is 0 Å². The molecule has 1 heterocycles. The van der Waals surface area contributed by atoms with Gasteiger partial charge in [0.25, 0.3) is 0 Å². The van der Waals surface area contributed by atoms with E-state index in [-0.39, 0.29) is 17.0 Å². The quantitative estimate of drug-likeness (QED) is 0.476. The molecule has 4 heteroatoms. The van der Waals surface area contributed by atoms with Crippen LogP contribution in [0, 0.1) is 34.5 Å². The Hall–Kier alpha value is -0.353. The van der Waals surface area contributed by atoms with Crippen LogP contribution in [-0.4, -0.2) is 26.5 Å². The monoisotopic (exact) mass is 378 g/mol. The van der Waals surface area contributed by atoms with Gasteiger partial charge in [-0.05, 0) is 94.2 Å². The minimum Gasteiger partial charge on any atom is -0.465 e. The Morgan fingerprint density at radius 3 is 2.38 bits per heavy atom. The molecule has 0 spiro atoms. The van der Waals surface area contributed by atoms with Crippen molar-refractivity contribution in [2.75, 3.05) is 6.61 Å². The summed E-state index contributed by atoms with van der Waals surface area (Å²) in [6.07, 6.45) is 8.27. The molecule has 1 aliphatic heterocycles. The van der Waals surface area contributed by atoms with Crippen LogP contribution in [0.5, 0.6) is 0 Å². The highest BCUT2D eigenvalue weighted by atomic mass is 28.4. The van der Waals surface area contributed by atoms with E-state index >= 15 is 0 Å². The number of rotatable bonds is 2. The van der Waals surface area contributed by atoms with E-state index in [0.717, 1.165) is 17.8 Å². The molecule has 7 atom stereocenters. The van der Waals surface area contributed by atoms with Crippen molar-refractivity contribution in [1.82, 2.24) is 0 Å². The zero-order chi connectivity index (χ0) is 19.0. The van der Waals surface area contributed by atoms with Crippen LogP contribution in [0.2, 0.25) is 19.6 Å². The normalized spacial score (nSPS) is 51.2. The molecule has 1 saturated heterocycles. The molecule has 3 aliphatic carbocycles. The second-order valence-corrected chi connectivity index (χ2v) is 15.9. The summed E-state index contributed by atoms with van der Waals surface area (Å²) >= 11 is 0. The van der Waals surface area contributed by atoms with Crippen molar-refractivity contribution < 1.29 is 14.0 Å². The van der Waals surface area contributed by atoms with Crippen LogP contribution < -0.4 is 0 Å². The van der Waals surface area contributed by atoms with E-state index in [9.17, 15) is 4.79 Å². The molecule has 0 aromatic rings. The maximum atomic E-state index is 11.8. The molecule has 3 nitrogen and oxygen atoms in total. The molecule has 0 bridgehead atoms. The minimum absolute atomic E-state index is 0.0311. The van der Waals surface area contributed by atoms with Crippen molar-refractivity contribution in [3.05, 3.63) is 0 Å². The van der Waals surface area contributed by atoms with Crippen LogP contribution in [0.25, 0.3) is 0 Å². The van der Waals surface area contributed by atoms with E-state index in [1.807, 2.05) is 0 Å². The summed E-state index contributed by atoms with van der Waals surface area (Å²) in [4.78, 5) is 11.8. The van der Waals surface area contributed by atoms with Gasteiger partial charge in [-0.15, -0.1) is 0 Å². The Balaban J connectivity index is 1.61. The molecule has 4 aliphatic rings. The van der Waals surface area contributed by atoms with Crippen molar-refractivity contribution in [1.29, 1.82) is 0 Å². The molecule has 6 unspecified atom stereocenters. The lowest BCUT2D eigenvalue weighted by Crippen LogP contribution is -2.59. The topological polar surface area (TPSA) is 35.5 Å². The number of carbonyl (C=O) groups is 1. The van der Waals surface area contributed by atoms with Crippen LogP contribution >= 0.6 is 0 Å². The average Bonchev–Trinajstić information content (AvgIpc) is 2.77. The molecule has 0 N–H and O–H groups in total. The lowest BCUT2D eigenvalue weighted by Gasteiger charge is -2.61. The molecule has 0 amide bonds. The van der Waals surface area contributed by atoms with Crippen molar-refractivity contribution in [2.45, 2.75) is 91.0 Å². The summed E-state index contributed by atoms with van der Waals surface area (Å²) in [6.45, 7) is 15.0. The minimum atomic E-state index is -1.57. The number of hydrogen-bond donors (Lipinski definition) is 0. The van der Waals surface area contributed by atoms with Gasteiger partial charge in [-0.25, -0.2) is 0 Å². The van der Waals surface area contributed by atoms with Crippen LogP contribution in [0.15, 0.2) is 0 Å². The lowest BCUT2D eigenvalue weighted by molar-refractivity contribution is -0.185. The van der Waals surface area contributed by atoms with E-state index < -0.39 is 8.32 Å². The van der Waals surface area contributed by atoms with Gasteiger partial charge >= 0.3 is 5.97 Å². The summed E-state index contributed by atoms with van der Waals surface area (Å²) in [6, 6.07) is 0. The van der Waals surface area contributed by atoms with Crippen LogP contribution in [0.1, 0.15) is 65.7 Å². The van der Waals surface area contributed by atoms with E-state index in [4.69, 9.17) is 9.16 Å². The first-order chi connectivity index (χ1) is 12.0. The molecule has 4 rings (SSSR count). The number of carbonyl (C=O) groups excluding carboxylic acids is 1. The van der Waals surface area contributed by atoms with Crippen molar-refractivity contribution in [2.24, 2.45) is 34.5 Å². The van der Waals surface area contributed by atoms with Crippen molar-refractivity contribution in [3.8, 4) is 0 Å². The molecule has 0 aromatic heterocycles. The number of hydrogen-bond acceptors (Lipinski definition) is 3. The van der Waals surface area contributed by atoms with Crippen LogP contribution in [-0.2, 0) is 14.0 Å². The Labute approximate surface area is 160 Å². The predicted octanol–water partition coefficient (Wildman–Crippen LogP) is 5.40. The summed E-state index contributed by atoms with van der Waals surface area (Å²) in [5.74, 6) is 2.86. The number of cyclic esters (lactones) is 1. The summed E-state index contributed by atoms with van der Waals surface area (Å²) in [7, 11) is -1.57. The fraction of sp³-hybridized carbons (Fsp3) is 0.955. The number of ether oxygens (including phenoxy) is 1. The lowest BCUT2D eigenvalue weighted by atomic mass is 9.46. The van der Waals surface area contributed by atoms with Gasteiger partial charge in [0.15, 0.2) is 8.32 Å². The van der Waals surface area contributed by atoms with E-state index in [1.165, 1.54) is 38.5 Å². The third kappa shape index (κ3) is 2.65. The zero-order valence-corrected chi connectivity index (χ0v) is 18.7. The SMILES string of the molecule is CC12COC(=O)CC1CCC1C2CCC2(C)C1CC[C@@]2(C)O[Si](C)(C)C. The van der Waals surface area contributed by atoms with E-state index in [1.54, 1.807) is 0 Å².